The van der Waals surface area contributed by atoms with Gasteiger partial charge in [0.05, 0.1) is 0 Å². The Kier molecular flexibility index (Phi) is 47.5. The van der Waals surface area contributed by atoms with Crippen LogP contribution in [0.3, 0.4) is 0 Å². The van der Waals surface area contributed by atoms with Crippen LogP contribution >= 0.6 is 0 Å². The molecule has 0 aromatic heterocycles. The third-order valence-electron chi connectivity index (χ3n) is 0.577. The van der Waals surface area contributed by atoms with E-state index >= 15 is 0 Å². The summed E-state index contributed by atoms with van der Waals surface area (Å²) in [5, 5.41) is 0. The predicted molar refractivity (Wildman–Crippen MR) is 58.8 cm³/mol. The topological polar surface area (TPSA) is 17.1 Å². The van der Waals surface area contributed by atoms with Crippen LogP contribution in [0.2, 0.25) is 0 Å². The van der Waals surface area contributed by atoms with Gasteiger partial charge in [-0.05, 0) is 0 Å². The van der Waals surface area contributed by atoms with E-state index in [2.05, 4.69) is 50.5 Å². The summed E-state index contributed by atoms with van der Waals surface area (Å²) < 4.78 is 8.26. The molecule has 76 valence electrons. The Labute approximate surface area is 109 Å². The van der Waals surface area contributed by atoms with Crippen molar-refractivity contribution in [1.29, 1.82) is 0 Å². The van der Waals surface area contributed by atoms with Crippen LogP contribution < -0.4 is 0 Å². The van der Waals surface area contributed by atoms with E-state index in [1.54, 1.807) is 0 Å². The van der Waals surface area contributed by atoms with Crippen LogP contribution in [-0.2, 0) is 73.7 Å². The molecule has 0 N–H and O–H groups in total. The van der Waals surface area contributed by atoms with E-state index in [0.717, 1.165) is 35.9 Å². The van der Waals surface area contributed by atoms with Crippen LogP contribution in [0.25, 0.3) is 0 Å². The molecule has 0 aliphatic carbocycles. The van der Waals surface area contributed by atoms with Crippen LogP contribution in [-0.4, -0.2) is 23.0 Å². The van der Waals surface area contributed by atoms with Gasteiger partial charge in [-0.2, -0.15) is 23.0 Å². The predicted octanol–water partition coefficient (Wildman–Crippen LogP) is 0.819. The summed E-state index contributed by atoms with van der Waals surface area (Å²) in [6, 6.07) is 0. The van der Waals surface area contributed by atoms with Crippen molar-refractivity contribution in [2.45, 2.75) is 12.8 Å². The van der Waals surface area contributed by atoms with Gasteiger partial charge in [-0.15, -0.1) is 0 Å². The number of hydrogen-bond acceptors (Lipinski definition) is 5. The molecular formula is C6H12MoOS4-4. The third-order valence-corrected chi connectivity index (χ3v) is 1.73. The van der Waals surface area contributed by atoms with Crippen molar-refractivity contribution < 1.29 is 23.2 Å². The summed E-state index contributed by atoms with van der Waals surface area (Å²) in [4.78, 5) is 0. The number of rotatable bonds is 4. The maximum Gasteiger partial charge on any atom is -0.0972 e. The zero-order chi connectivity index (χ0) is 10.2. The molecule has 0 atom stereocenters. The minimum absolute atomic E-state index is 0.700. The largest absolute Gasteiger partial charge is 0.793 e. The first-order valence-electron chi connectivity index (χ1n) is 3.32. The number of hydrogen-bond donors (Lipinski definition) is 0. The van der Waals surface area contributed by atoms with Crippen molar-refractivity contribution in [2.75, 3.05) is 23.0 Å². The fourth-order valence-corrected chi connectivity index (χ4v) is 1.06. The second-order valence-corrected chi connectivity index (χ2v) is 3.16. The van der Waals surface area contributed by atoms with Crippen molar-refractivity contribution in [1.82, 2.24) is 0 Å². The van der Waals surface area contributed by atoms with Crippen molar-refractivity contribution in [2.24, 2.45) is 0 Å². The molecule has 0 heterocycles. The maximum atomic E-state index is 8.26. The molecule has 0 saturated carbocycles. The summed E-state index contributed by atoms with van der Waals surface area (Å²) in [7, 11) is 0. The van der Waals surface area contributed by atoms with Gasteiger partial charge in [0.2, 0.25) is 0 Å². The average molecular weight is 324 g/mol. The van der Waals surface area contributed by atoms with Gasteiger partial charge in [-0.25, -0.2) is 0 Å². The molecule has 0 aromatic rings. The summed E-state index contributed by atoms with van der Waals surface area (Å²) in [5.41, 5.74) is 0. The fourth-order valence-electron chi connectivity index (χ4n) is 0.118. The molecule has 0 spiro atoms. The van der Waals surface area contributed by atoms with E-state index in [9.17, 15) is 0 Å². The Morgan fingerprint density at radius 3 is 0.833 bits per heavy atom. The van der Waals surface area contributed by atoms with Gasteiger partial charge in [0.15, 0.2) is 0 Å². The fraction of sp³-hybridized carbons (Fsp3) is 1.00. The van der Waals surface area contributed by atoms with Crippen LogP contribution in [0.5, 0.6) is 0 Å². The molecule has 6 heteroatoms. The second-order valence-electron chi connectivity index (χ2n) is 1.52. The van der Waals surface area contributed by atoms with Crippen molar-refractivity contribution >= 4 is 50.5 Å². The standard InChI is InChI=1S/2C3H8S2.Mo.O/c2*4-2-1-3-5;;/h2*4-5H,1-3H2;;/p-4. The van der Waals surface area contributed by atoms with E-state index in [1.165, 1.54) is 0 Å². The van der Waals surface area contributed by atoms with Crippen LogP contribution in [0.15, 0.2) is 0 Å². The molecule has 0 unspecified atom stereocenters. The zero-order valence-electron chi connectivity index (χ0n) is 6.69. The molecule has 0 aliphatic heterocycles. The molecule has 0 radical (unpaired) electrons. The quantitative estimate of drug-likeness (QED) is 0.561. The Hall–Kier alpha value is 1.89. The maximum absolute atomic E-state index is 8.26. The minimum atomic E-state index is 0.700. The Morgan fingerprint density at radius 2 is 0.833 bits per heavy atom. The zero-order valence-corrected chi connectivity index (χ0v) is 12.0. The van der Waals surface area contributed by atoms with Crippen molar-refractivity contribution in [3.8, 4) is 0 Å². The van der Waals surface area contributed by atoms with Crippen LogP contribution in [0.1, 0.15) is 12.8 Å². The molecule has 12 heavy (non-hydrogen) atoms. The van der Waals surface area contributed by atoms with Gasteiger partial charge in [-0.1, -0.05) is 12.8 Å². The Morgan fingerprint density at radius 1 is 0.667 bits per heavy atom. The van der Waals surface area contributed by atoms with E-state index in [4.69, 9.17) is 3.40 Å². The van der Waals surface area contributed by atoms with Gasteiger partial charge >= 0.3 is 23.2 Å². The molecule has 0 fully saturated rings. The first-order chi connectivity index (χ1) is 5.83. The first-order valence-corrected chi connectivity index (χ1v) is 6.45. The van der Waals surface area contributed by atoms with Gasteiger partial charge in [-0.3, -0.25) is 0 Å². The monoisotopic (exact) mass is 326 g/mol. The van der Waals surface area contributed by atoms with E-state index in [0.29, 0.717) is 19.8 Å². The van der Waals surface area contributed by atoms with Gasteiger partial charge < -0.3 is 50.5 Å². The minimum Gasteiger partial charge on any atom is -0.793 e. The second kappa shape index (κ2) is 29.3. The third kappa shape index (κ3) is 40.6. The molecule has 0 bridgehead atoms. The van der Waals surface area contributed by atoms with Gasteiger partial charge in [0, 0.05) is 0 Å². The molecule has 0 saturated heterocycles. The SMILES string of the molecule is [O]=[Mo].[S-]CCC[S-].[S-]CCC[S-]. The van der Waals surface area contributed by atoms with E-state index in [1.807, 2.05) is 0 Å². The molecule has 0 aliphatic rings. The average Bonchev–Trinajstić information content (AvgIpc) is 2.12. The van der Waals surface area contributed by atoms with Crippen LogP contribution in [0, 0.1) is 0 Å². The summed E-state index contributed by atoms with van der Waals surface area (Å²) >= 11 is 19.0. The Balaban J connectivity index is -0.000000112. The summed E-state index contributed by atoms with van der Waals surface area (Å²) in [6.07, 6.45) is 2.04. The molecule has 0 rings (SSSR count). The summed E-state index contributed by atoms with van der Waals surface area (Å²) in [6.45, 7) is 0. The Bertz CT molecular complexity index is 48.8. The van der Waals surface area contributed by atoms with Gasteiger partial charge in [0.1, 0.15) is 0 Å². The van der Waals surface area contributed by atoms with Crippen LogP contribution in [0.4, 0.5) is 0 Å². The normalized spacial score (nSPS) is 7.33. The molecule has 1 nitrogen and oxygen atoms in total. The molecule has 0 amide bonds. The van der Waals surface area contributed by atoms with Gasteiger partial charge in [0.25, 0.3) is 0 Å². The smallest absolute Gasteiger partial charge is 0.0972 e. The van der Waals surface area contributed by atoms with E-state index < -0.39 is 0 Å². The first kappa shape index (κ1) is 19.5. The van der Waals surface area contributed by atoms with Crippen molar-refractivity contribution in [3.63, 3.8) is 0 Å². The van der Waals surface area contributed by atoms with E-state index in [-0.39, 0.29) is 0 Å². The molecular weight excluding hydrogens is 312 g/mol. The molecule has 0 aromatic carbocycles. The summed E-state index contributed by atoms with van der Waals surface area (Å²) in [5.74, 6) is 3.29. The van der Waals surface area contributed by atoms with Crippen molar-refractivity contribution in [3.05, 3.63) is 0 Å².